The minimum atomic E-state index is 0. The van der Waals surface area contributed by atoms with Gasteiger partial charge >= 0.3 is 0 Å². The maximum atomic E-state index is 5.94. The first-order valence-corrected chi connectivity index (χ1v) is 6.27. The third kappa shape index (κ3) is 4.30. The fraction of sp³-hybridized carbons (Fsp3) is 0.571. The number of nitrogens with zero attached hydrogens (tertiary/aromatic N) is 1. The summed E-state index contributed by atoms with van der Waals surface area (Å²) in [5.41, 5.74) is 7.38. The Morgan fingerprint density at radius 3 is 2.65 bits per heavy atom. The highest BCUT2D eigenvalue weighted by molar-refractivity contribution is 5.85. The summed E-state index contributed by atoms with van der Waals surface area (Å²) in [6.45, 7) is 5.71. The first-order chi connectivity index (χ1) is 7.75. The molecule has 1 saturated heterocycles. The topological polar surface area (TPSA) is 29.3 Å². The molecule has 1 heterocycles. The van der Waals surface area contributed by atoms with Gasteiger partial charge in [0, 0.05) is 19.1 Å². The Labute approximate surface area is 111 Å². The molecular formula is C14H23ClN2. The average Bonchev–Trinajstić information content (AvgIpc) is 2.76. The smallest absolute Gasteiger partial charge is 0.00514 e. The second kappa shape index (κ2) is 7.00. The van der Waals surface area contributed by atoms with Gasteiger partial charge in [-0.25, -0.2) is 0 Å². The molecular weight excluding hydrogens is 232 g/mol. The van der Waals surface area contributed by atoms with Crippen LogP contribution in [0, 0.1) is 5.92 Å². The molecule has 1 aromatic rings. The van der Waals surface area contributed by atoms with Crippen molar-refractivity contribution in [3.63, 3.8) is 0 Å². The summed E-state index contributed by atoms with van der Waals surface area (Å²) < 4.78 is 0. The van der Waals surface area contributed by atoms with Gasteiger partial charge in [-0.05, 0) is 37.8 Å². The normalized spacial score (nSPS) is 22.1. The predicted molar refractivity (Wildman–Crippen MR) is 75.6 cm³/mol. The monoisotopic (exact) mass is 254 g/mol. The van der Waals surface area contributed by atoms with Crippen LogP contribution in [0.4, 0.5) is 0 Å². The molecule has 0 bridgehead atoms. The molecule has 1 aliphatic rings. The standard InChI is InChI=1S/C14H22N2.ClH/c1-12(15)14-8-10-16(11-14)9-7-13-5-3-2-4-6-13;/h2-6,12,14H,7-11,15H2,1H3;1H. The summed E-state index contributed by atoms with van der Waals surface area (Å²) in [5, 5.41) is 0. The third-order valence-corrected chi connectivity index (χ3v) is 3.61. The lowest BCUT2D eigenvalue weighted by molar-refractivity contribution is 0.319. The summed E-state index contributed by atoms with van der Waals surface area (Å²) in [4.78, 5) is 2.54. The molecule has 1 aromatic carbocycles. The molecule has 0 aromatic heterocycles. The Kier molecular flexibility index (Phi) is 5.96. The van der Waals surface area contributed by atoms with Crippen molar-refractivity contribution in [1.82, 2.24) is 4.90 Å². The van der Waals surface area contributed by atoms with Gasteiger partial charge in [-0.2, -0.15) is 0 Å². The Balaban J connectivity index is 0.00000144. The van der Waals surface area contributed by atoms with Crippen LogP contribution in [0.1, 0.15) is 18.9 Å². The zero-order valence-corrected chi connectivity index (χ0v) is 11.3. The van der Waals surface area contributed by atoms with Gasteiger partial charge in [-0.3, -0.25) is 0 Å². The molecule has 2 nitrogen and oxygen atoms in total. The van der Waals surface area contributed by atoms with Gasteiger partial charge in [0.05, 0.1) is 0 Å². The number of rotatable bonds is 4. The fourth-order valence-corrected chi connectivity index (χ4v) is 2.43. The van der Waals surface area contributed by atoms with Gasteiger partial charge in [-0.15, -0.1) is 12.4 Å². The predicted octanol–water partition coefficient (Wildman–Crippen LogP) is 2.32. The molecule has 0 aliphatic carbocycles. The largest absolute Gasteiger partial charge is 0.328 e. The molecule has 17 heavy (non-hydrogen) atoms. The minimum Gasteiger partial charge on any atom is -0.328 e. The van der Waals surface area contributed by atoms with Crippen LogP contribution in [0.3, 0.4) is 0 Å². The van der Waals surface area contributed by atoms with E-state index in [1.807, 2.05) is 0 Å². The molecule has 2 rings (SSSR count). The second-order valence-electron chi connectivity index (χ2n) is 4.94. The summed E-state index contributed by atoms with van der Waals surface area (Å²) >= 11 is 0. The van der Waals surface area contributed by atoms with Crippen molar-refractivity contribution in [2.45, 2.75) is 25.8 Å². The number of hydrogen-bond donors (Lipinski definition) is 1. The SMILES string of the molecule is CC(N)C1CCN(CCc2ccccc2)C1.Cl. The van der Waals surface area contributed by atoms with Crippen molar-refractivity contribution in [2.75, 3.05) is 19.6 Å². The van der Waals surface area contributed by atoms with E-state index in [0.717, 1.165) is 6.42 Å². The molecule has 2 unspecified atom stereocenters. The van der Waals surface area contributed by atoms with E-state index in [1.165, 1.54) is 31.6 Å². The first-order valence-electron chi connectivity index (χ1n) is 6.27. The molecule has 1 aliphatic heterocycles. The van der Waals surface area contributed by atoms with Crippen molar-refractivity contribution in [3.05, 3.63) is 35.9 Å². The molecule has 0 spiro atoms. The van der Waals surface area contributed by atoms with Crippen LogP contribution in [-0.4, -0.2) is 30.6 Å². The van der Waals surface area contributed by atoms with E-state index in [-0.39, 0.29) is 12.4 Å². The third-order valence-electron chi connectivity index (χ3n) is 3.61. The van der Waals surface area contributed by atoms with Crippen LogP contribution in [0.2, 0.25) is 0 Å². The van der Waals surface area contributed by atoms with Gasteiger partial charge in [0.25, 0.3) is 0 Å². The van der Waals surface area contributed by atoms with Crippen molar-refractivity contribution in [3.8, 4) is 0 Å². The Morgan fingerprint density at radius 1 is 1.35 bits per heavy atom. The van der Waals surface area contributed by atoms with E-state index in [1.54, 1.807) is 0 Å². The highest BCUT2D eigenvalue weighted by Gasteiger charge is 2.24. The summed E-state index contributed by atoms with van der Waals surface area (Å²) in [6, 6.07) is 11.1. The van der Waals surface area contributed by atoms with E-state index in [0.29, 0.717) is 12.0 Å². The average molecular weight is 255 g/mol. The van der Waals surface area contributed by atoms with Crippen molar-refractivity contribution in [1.29, 1.82) is 0 Å². The van der Waals surface area contributed by atoms with Gasteiger partial charge in [-0.1, -0.05) is 30.3 Å². The van der Waals surface area contributed by atoms with Crippen LogP contribution in [0.25, 0.3) is 0 Å². The van der Waals surface area contributed by atoms with Crippen molar-refractivity contribution >= 4 is 12.4 Å². The van der Waals surface area contributed by atoms with Gasteiger partial charge in [0.1, 0.15) is 0 Å². The molecule has 0 amide bonds. The summed E-state index contributed by atoms with van der Waals surface area (Å²) in [5.74, 6) is 0.704. The fourth-order valence-electron chi connectivity index (χ4n) is 2.43. The maximum absolute atomic E-state index is 5.94. The molecule has 3 heteroatoms. The van der Waals surface area contributed by atoms with Crippen molar-refractivity contribution in [2.24, 2.45) is 11.7 Å². The van der Waals surface area contributed by atoms with Crippen molar-refractivity contribution < 1.29 is 0 Å². The minimum absolute atomic E-state index is 0. The molecule has 1 fully saturated rings. The molecule has 2 atom stereocenters. The number of hydrogen-bond acceptors (Lipinski definition) is 2. The van der Waals surface area contributed by atoms with E-state index in [2.05, 4.69) is 42.2 Å². The highest BCUT2D eigenvalue weighted by atomic mass is 35.5. The lowest BCUT2D eigenvalue weighted by Crippen LogP contribution is -2.30. The Hall–Kier alpha value is -0.570. The van der Waals surface area contributed by atoms with Crippen LogP contribution in [0.15, 0.2) is 30.3 Å². The van der Waals surface area contributed by atoms with Gasteiger partial charge in [0.2, 0.25) is 0 Å². The second-order valence-corrected chi connectivity index (χ2v) is 4.94. The van der Waals surface area contributed by atoms with Crippen LogP contribution in [0.5, 0.6) is 0 Å². The number of likely N-dealkylation sites (tertiary alicyclic amines) is 1. The molecule has 0 radical (unpaired) electrons. The number of halogens is 1. The lowest BCUT2D eigenvalue weighted by atomic mass is 10.0. The number of nitrogens with two attached hydrogens (primary N) is 1. The van der Waals surface area contributed by atoms with E-state index < -0.39 is 0 Å². The van der Waals surface area contributed by atoms with Gasteiger partial charge in [0.15, 0.2) is 0 Å². The lowest BCUT2D eigenvalue weighted by Gasteiger charge is -2.17. The maximum Gasteiger partial charge on any atom is 0.00514 e. The molecule has 0 saturated carbocycles. The number of benzene rings is 1. The van der Waals surface area contributed by atoms with Crippen LogP contribution >= 0.6 is 12.4 Å². The summed E-state index contributed by atoms with van der Waals surface area (Å²) in [6.07, 6.45) is 2.43. The van der Waals surface area contributed by atoms with E-state index in [9.17, 15) is 0 Å². The molecule has 96 valence electrons. The zero-order chi connectivity index (χ0) is 11.4. The van der Waals surface area contributed by atoms with Crippen LogP contribution < -0.4 is 5.73 Å². The van der Waals surface area contributed by atoms with Crippen LogP contribution in [-0.2, 0) is 6.42 Å². The van der Waals surface area contributed by atoms with E-state index >= 15 is 0 Å². The van der Waals surface area contributed by atoms with Gasteiger partial charge < -0.3 is 10.6 Å². The quantitative estimate of drug-likeness (QED) is 0.894. The Bertz CT molecular complexity index is 313. The molecule has 2 N–H and O–H groups in total. The highest BCUT2D eigenvalue weighted by Crippen LogP contribution is 2.18. The summed E-state index contributed by atoms with van der Waals surface area (Å²) in [7, 11) is 0. The first kappa shape index (κ1) is 14.5. The van der Waals surface area contributed by atoms with E-state index in [4.69, 9.17) is 5.73 Å². The Morgan fingerprint density at radius 2 is 2.06 bits per heavy atom. The zero-order valence-electron chi connectivity index (χ0n) is 10.5.